The van der Waals surface area contributed by atoms with Crippen LogP contribution < -0.4 is 0 Å². The lowest BCUT2D eigenvalue weighted by Gasteiger charge is -2.25. The van der Waals surface area contributed by atoms with Crippen molar-refractivity contribution in [3.63, 3.8) is 0 Å². The molecule has 0 N–H and O–H groups in total. The number of carbonyl (C=O) groups is 2. The fraction of sp³-hybridized carbons (Fsp3) is 0.435. The van der Waals surface area contributed by atoms with E-state index in [4.69, 9.17) is 21.1 Å². The Morgan fingerprint density at radius 2 is 1.91 bits per heavy atom. The maximum Gasteiger partial charge on any atom is 0.303 e. The lowest BCUT2D eigenvalue weighted by Crippen LogP contribution is -2.36. The molecule has 3 aromatic heterocycles. The van der Waals surface area contributed by atoms with Gasteiger partial charge in [-0.1, -0.05) is 30.9 Å². The standard InChI is InChI=1S/C23H23ClN6O4S/c1-4-5-6-7-9-16-27-19(24)17-21(28-16)30(22(29-17)20-25-10-8-11-26-20)23-18(34-14(3)32)15(12-35-23)33-13(2)31/h8,10-11,15,18,23H,4-6,12H2,1-3H3/t15-,18-,23-/m1/s1. The molecule has 0 aromatic carbocycles. The second-order valence-electron chi connectivity index (χ2n) is 7.74. The van der Waals surface area contributed by atoms with Gasteiger partial charge in [-0.2, -0.15) is 0 Å². The van der Waals surface area contributed by atoms with Crippen molar-refractivity contribution in [1.29, 1.82) is 0 Å². The van der Waals surface area contributed by atoms with E-state index in [0.29, 0.717) is 28.6 Å². The smallest absolute Gasteiger partial charge is 0.303 e. The fourth-order valence-electron chi connectivity index (χ4n) is 3.64. The third kappa shape index (κ3) is 5.55. The van der Waals surface area contributed by atoms with Gasteiger partial charge in [0.2, 0.25) is 5.82 Å². The van der Waals surface area contributed by atoms with Crippen LogP contribution in [0.2, 0.25) is 5.15 Å². The molecule has 10 nitrogen and oxygen atoms in total. The van der Waals surface area contributed by atoms with E-state index in [9.17, 15) is 9.59 Å². The highest BCUT2D eigenvalue weighted by molar-refractivity contribution is 7.99. The summed E-state index contributed by atoms with van der Waals surface area (Å²) in [7, 11) is 0. The number of hydrogen-bond acceptors (Lipinski definition) is 10. The van der Waals surface area contributed by atoms with Crippen molar-refractivity contribution < 1.29 is 19.1 Å². The van der Waals surface area contributed by atoms with Crippen molar-refractivity contribution in [3.05, 3.63) is 29.4 Å². The van der Waals surface area contributed by atoms with Crippen LogP contribution in [0, 0.1) is 11.8 Å². The third-order valence-electron chi connectivity index (χ3n) is 5.07. The van der Waals surface area contributed by atoms with Crippen LogP contribution in [0.4, 0.5) is 0 Å². The number of rotatable bonds is 6. The third-order valence-corrected chi connectivity index (χ3v) is 6.68. The van der Waals surface area contributed by atoms with Gasteiger partial charge in [0.1, 0.15) is 10.9 Å². The average Bonchev–Trinajstić information content (AvgIpc) is 3.38. The van der Waals surface area contributed by atoms with Crippen LogP contribution in [0.5, 0.6) is 0 Å². The summed E-state index contributed by atoms with van der Waals surface area (Å²) in [5.41, 5.74) is 0.733. The fourth-order valence-corrected chi connectivity index (χ4v) is 5.27. The molecule has 1 aliphatic rings. The molecule has 1 aliphatic heterocycles. The number of imidazole rings is 1. The zero-order valence-electron chi connectivity index (χ0n) is 19.4. The maximum atomic E-state index is 12.0. The predicted molar refractivity (Wildman–Crippen MR) is 130 cm³/mol. The van der Waals surface area contributed by atoms with Crippen molar-refractivity contribution >= 4 is 46.5 Å². The molecule has 3 atom stereocenters. The van der Waals surface area contributed by atoms with Gasteiger partial charge in [0.25, 0.3) is 0 Å². The molecule has 12 heteroatoms. The second-order valence-corrected chi connectivity index (χ2v) is 9.25. The second kappa shape index (κ2) is 11.0. The van der Waals surface area contributed by atoms with E-state index in [1.165, 1.54) is 25.6 Å². The van der Waals surface area contributed by atoms with Crippen LogP contribution in [0.1, 0.15) is 51.2 Å². The van der Waals surface area contributed by atoms with Gasteiger partial charge >= 0.3 is 11.9 Å². The van der Waals surface area contributed by atoms with Gasteiger partial charge in [0, 0.05) is 38.4 Å². The Morgan fingerprint density at radius 1 is 1.17 bits per heavy atom. The summed E-state index contributed by atoms with van der Waals surface area (Å²) in [5.74, 6) is 6.41. The van der Waals surface area contributed by atoms with Gasteiger partial charge in [0.05, 0.1) is 0 Å². The summed E-state index contributed by atoms with van der Waals surface area (Å²) in [6.07, 6.45) is 4.45. The molecule has 35 heavy (non-hydrogen) atoms. The number of ether oxygens (including phenoxy) is 2. The predicted octanol–water partition coefficient (Wildman–Crippen LogP) is 3.59. The van der Waals surface area contributed by atoms with E-state index >= 15 is 0 Å². The average molecular weight is 515 g/mol. The van der Waals surface area contributed by atoms with E-state index in [2.05, 4.69) is 43.7 Å². The topological polar surface area (TPSA) is 122 Å². The molecule has 3 aromatic rings. The Morgan fingerprint density at radius 3 is 2.60 bits per heavy atom. The lowest BCUT2D eigenvalue weighted by atomic mass is 10.2. The number of fused-ring (bicyclic) bond motifs is 1. The Kier molecular flexibility index (Phi) is 7.83. The van der Waals surface area contributed by atoms with Crippen molar-refractivity contribution in [2.24, 2.45) is 0 Å². The number of esters is 2. The van der Waals surface area contributed by atoms with Gasteiger partial charge in [-0.15, -0.1) is 11.8 Å². The van der Waals surface area contributed by atoms with Crippen LogP contribution in [0.15, 0.2) is 18.5 Å². The highest BCUT2D eigenvalue weighted by Crippen LogP contribution is 2.43. The quantitative estimate of drug-likeness (QED) is 0.209. The molecule has 0 saturated carbocycles. The Hall–Kier alpha value is -3.23. The first-order valence-corrected chi connectivity index (χ1v) is 12.5. The Labute approximate surface area is 211 Å². The molecular formula is C23H23ClN6O4S. The van der Waals surface area contributed by atoms with Gasteiger partial charge in [-0.05, 0) is 18.4 Å². The highest BCUT2D eigenvalue weighted by atomic mass is 35.5. The molecule has 4 heterocycles. The van der Waals surface area contributed by atoms with Crippen LogP contribution >= 0.6 is 23.4 Å². The molecule has 0 amide bonds. The Balaban J connectivity index is 1.89. The molecule has 0 aliphatic carbocycles. The van der Waals surface area contributed by atoms with Crippen molar-refractivity contribution in [1.82, 2.24) is 29.5 Å². The number of halogens is 1. The van der Waals surface area contributed by atoms with Crippen LogP contribution in [0.25, 0.3) is 22.8 Å². The van der Waals surface area contributed by atoms with Gasteiger partial charge < -0.3 is 9.47 Å². The SMILES string of the molecule is CCCCC#Cc1nc(Cl)c2nc(-c3ncccn3)n([C@@H]3SC[C@@H](OC(C)=O)[C@H]3OC(C)=O)c2n1. The van der Waals surface area contributed by atoms with Gasteiger partial charge in [-0.3, -0.25) is 14.2 Å². The molecule has 0 bridgehead atoms. The maximum absolute atomic E-state index is 12.0. The number of aromatic nitrogens is 6. The summed E-state index contributed by atoms with van der Waals surface area (Å²) in [4.78, 5) is 45.9. The molecular weight excluding hydrogens is 492 g/mol. The number of unbranched alkanes of at least 4 members (excludes halogenated alkanes) is 2. The van der Waals surface area contributed by atoms with E-state index in [1.54, 1.807) is 23.0 Å². The van der Waals surface area contributed by atoms with Crippen molar-refractivity contribution in [2.75, 3.05) is 5.75 Å². The monoisotopic (exact) mass is 514 g/mol. The zero-order valence-corrected chi connectivity index (χ0v) is 21.0. The van der Waals surface area contributed by atoms with E-state index in [1.807, 2.05) is 0 Å². The number of nitrogens with zero attached hydrogens (tertiary/aromatic N) is 6. The van der Waals surface area contributed by atoms with Crippen LogP contribution in [-0.4, -0.2) is 59.4 Å². The normalized spacial score (nSPS) is 19.3. The molecule has 0 spiro atoms. The van der Waals surface area contributed by atoms with Crippen molar-refractivity contribution in [3.8, 4) is 23.5 Å². The summed E-state index contributed by atoms with van der Waals surface area (Å²) in [6.45, 7) is 4.71. The Bertz CT molecular complexity index is 1310. The van der Waals surface area contributed by atoms with Crippen LogP contribution in [-0.2, 0) is 19.1 Å². The van der Waals surface area contributed by atoms with Crippen LogP contribution in [0.3, 0.4) is 0 Å². The molecule has 0 unspecified atom stereocenters. The number of thioether (sulfide) groups is 1. The summed E-state index contributed by atoms with van der Waals surface area (Å²) >= 11 is 7.94. The minimum atomic E-state index is -0.797. The summed E-state index contributed by atoms with van der Waals surface area (Å²) < 4.78 is 12.8. The van der Waals surface area contributed by atoms with Gasteiger partial charge in [-0.25, -0.2) is 24.9 Å². The van der Waals surface area contributed by atoms with E-state index in [-0.39, 0.29) is 11.0 Å². The largest absolute Gasteiger partial charge is 0.458 e. The minimum Gasteiger partial charge on any atom is -0.458 e. The van der Waals surface area contributed by atoms with E-state index < -0.39 is 29.5 Å². The molecule has 182 valence electrons. The molecule has 0 radical (unpaired) electrons. The first-order chi connectivity index (χ1) is 16.9. The first kappa shape index (κ1) is 24.9. The molecule has 4 rings (SSSR count). The lowest BCUT2D eigenvalue weighted by molar-refractivity contribution is -0.163. The number of carbonyl (C=O) groups excluding carboxylic acids is 2. The van der Waals surface area contributed by atoms with Gasteiger partial charge in [0.15, 0.2) is 34.7 Å². The highest BCUT2D eigenvalue weighted by Gasteiger charge is 2.45. The van der Waals surface area contributed by atoms with Crippen molar-refractivity contribution in [2.45, 2.75) is 57.6 Å². The summed E-state index contributed by atoms with van der Waals surface area (Å²) in [5, 5.41) is -0.409. The zero-order chi connectivity index (χ0) is 24.9. The van der Waals surface area contributed by atoms with E-state index in [0.717, 1.165) is 19.3 Å². The summed E-state index contributed by atoms with van der Waals surface area (Å²) in [6, 6.07) is 1.69. The minimum absolute atomic E-state index is 0.134. The number of hydrogen-bond donors (Lipinski definition) is 0. The molecule has 1 fully saturated rings. The molecule has 1 saturated heterocycles. The first-order valence-electron chi connectivity index (χ1n) is 11.1.